The van der Waals surface area contributed by atoms with E-state index in [4.69, 9.17) is 27.9 Å². The molecule has 4 rings (SSSR count). The van der Waals surface area contributed by atoms with Gasteiger partial charge >= 0.3 is 0 Å². The van der Waals surface area contributed by atoms with Crippen LogP contribution >= 0.6 is 23.2 Å². The summed E-state index contributed by atoms with van der Waals surface area (Å²) in [5.41, 5.74) is 1.53. The monoisotopic (exact) mass is 631 g/mol. The SMILES string of the molecule is COc1ccccc1N(CC(=O)N(Cc1c(Cl)cccc1Cl)[C@@H](C)C(=O)NC1CCCC1)S(=O)(=O)c1ccc(C)cc1. The number of halogens is 2. The maximum Gasteiger partial charge on any atom is 0.264 e. The van der Waals surface area contributed by atoms with Crippen molar-refractivity contribution in [3.8, 4) is 5.75 Å². The van der Waals surface area contributed by atoms with Crippen LogP contribution in [0.3, 0.4) is 0 Å². The number of benzene rings is 3. The summed E-state index contributed by atoms with van der Waals surface area (Å²) < 4.78 is 34.6. The second-order valence-electron chi connectivity index (χ2n) is 10.4. The zero-order valence-corrected chi connectivity index (χ0v) is 26.2. The molecule has 0 aromatic heterocycles. The van der Waals surface area contributed by atoms with E-state index in [-0.39, 0.29) is 34.8 Å². The van der Waals surface area contributed by atoms with E-state index in [1.54, 1.807) is 61.5 Å². The number of carbonyl (C=O) groups excluding carboxylic acids is 2. The van der Waals surface area contributed by atoms with Gasteiger partial charge in [-0.15, -0.1) is 0 Å². The van der Waals surface area contributed by atoms with E-state index >= 15 is 0 Å². The van der Waals surface area contributed by atoms with Crippen LogP contribution in [0.15, 0.2) is 71.6 Å². The molecule has 0 radical (unpaired) electrons. The number of aryl methyl sites for hydroxylation is 1. The predicted molar refractivity (Wildman–Crippen MR) is 166 cm³/mol. The Kier molecular flexibility index (Phi) is 10.4. The quantitative estimate of drug-likeness (QED) is 0.281. The van der Waals surface area contributed by atoms with Gasteiger partial charge in [0.1, 0.15) is 18.3 Å². The van der Waals surface area contributed by atoms with Gasteiger partial charge < -0.3 is 15.0 Å². The summed E-state index contributed by atoms with van der Waals surface area (Å²) in [6, 6.07) is 17.0. The Labute approximate surface area is 257 Å². The van der Waals surface area contributed by atoms with Crippen molar-refractivity contribution in [2.75, 3.05) is 18.0 Å². The summed E-state index contributed by atoms with van der Waals surface area (Å²) in [6.07, 6.45) is 3.81. The number of rotatable bonds is 11. The number of nitrogens with one attached hydrogen (secondary N) is 1. The van der Waals surface area contributed by atoms with E-state index in [9.17, 15) is 18.0 Å². The number of carbonyl (C=O) groups is 2. The van der Waals surface area contributed by atoms with Crippen LogP contribution in [-0.4, -0.2) is 50.9 Å². The molecule has 1 aliphatic rings. The molecule has 1 N–H and O–H groups in total. The molecule has 1 saturated carbocycles. The first kappa shape index (κ1) is 31.7. The molecule has 2 amide bonds. The fourth-order valence-electron chi connectivity index (χ4n) is 5.01. The fourth-order valence-corrected chi connectivity index (χ4v) is 6.96. The Bertz CT molecular complexity index is 1510. The number of para-hydroxylation sites is 2. The van der Waals surface area contributed by atoms with Gasteiger partial charge in [-0.1, -0.05) is 71.9 Å². The topological polar surface area (TPSA) is 96.0 Å². The molecule has 1 aliphatic carbocycles. The molecule has 1 atom stereocenters. The summed E-state index contributed by atoms with van der Waals surface area (Å²) in [5, 5.41) is 3.71. The average molecular weight is 633 g/mol. The number of nitrogens with zero attached hydrogens (tertiary/aromatic N) is 2. The van der Waals surface area contributed by atoms with Gasteiger partial charge in [0.05, 0.1) is 17.7 Å². The second kappa shape index (κ2) is 13.8. The molecule has 0 spiro atoms. The van der Waals surface area contributed by atoms with Gasteiger partial charge in [0.2, 0.25) is 11.8 Å². The second-order valence-corrected chi connectivity index (χ2v) is 13.1. The third-order valence-electron chi connectivity index (χ3n) is 7.50. The normalized spacial score (nSPS) is 14.3. The molecule has 0 heterocycles. The van der Waals surface area contributed by atoms with Crippen LogP contribution in [0.1, 0.15) is 43.7 Å². The molecule has 11 heteroatoms. The Balaban J connectivity index is 1.74. The van der Waals surface area contributed by atoms with Crippen LogP contribution in [0.4, 0.5) is 5.69 Å². The molecule has 3 aromatic rings. The highest BCUT2D eigenvalue weighted by Crippen LogP contribution is 2.33. The number of hydrogen-bond acceptors (Lipinski definition) is 5. The Morgan fingerprint density at radius 2 is 1.60 bits per heavy atom. The highest BCUT2D eigenvalue weighted by molar-refractivity contribution is 7.92. The first-order chi connectivity index (χ1) is 20.0. The molecular formula is C31H35Cl2N3O5S. The first-order valence-corrected chi connectivity index (χ1v) is 16.0. The van der Waals surface area contributed by atoms with Gasteiger partial charge in [-0.2, -0.15) is 0 Å². The lowest BCUT2D eigenvalue weighted by Gasteiger charge is -2.33. The van der Waals surface area contributed by atoms with Crippen molar-refractivity contribution in [2.24, 2.45) is 0 Å². The van der Waals surface area contributed by atoms with Crippen molar-refractivity contribution in [2.45, 2.75) is 63.1 Å². The predicted octanol–water partition coefficient (Wildman–Crippen LogP) is 5.98. The molecule has 1 fully saturated rings. The van der Waals surface area contributed by atoms with Crippen molar-refractivity contribution >= 4 is 50.7 Å². The molecule has 0 unspecified atom stereocenters. The minimum absolute atomic E-state index is 0.0135. The summed E-state index contributed by atoms with van der Waals surface area (Å²) in [7, 11) is -2.80. The third kappa shape index (κ3) is 7.19. The van der Waals surface area contributed by atoms with Crippen LogP contribution in [0.2, 0.25) is 10.0 Å². The highest BCUT2D eigenvalue weighted by Gasteiger charge is 2.35. The zero-order valence-electron chi connectivity index (χ0n) is 23.8. The Morgan fingerprint density at radius 3 is 2.21 bits per heavy atom. The lowest BCUT2D eigenvalue weighted by atomic mass is 10.1. The average Bonchev–Trinajstić information content (AvgIpc) is 3.48. The van der Waals surface area contributed by atoms with Gasteiger partial charge in [-0.25, -0.2) is 8.42 Å². The van der Waals surface area contributed by atoms with E-state index in [2.05, 4.69) is 5.32 Å². The molecule has 42 heavy (non-hydrogen) atoms. The molecule has 0 aliphatic heterocycles. The Morgan fingerprint density at radius 1 is 0.976 bits per heavy atom. The molecule has 3 aromatic carbocycles. The largest absolute Gasteiger partial charge is 0.495 e. The molecule has 0 bridgehead atoms. The fraction of sp³-hybridized carbons (Fsp3) is 0.355. The molecule has 8 nitrogen and oxygen atoms in total. The van der Waals surface area contributed by atoms with Crippen molar-refractivity contribution < 1.29 is 22.7 Å². The van der Waals surface area contributed by atoms with Crippen LogP contribution in [-0.2, 0) is 26.2 Å². The van der Waals surface area contributed by atoms with Crippen LogP contribution in [0, 0.1) is 6.92 Å². The minimum atomic E-state index is -4.23. The number of ether oxygens (including phenoxy) is 1. The van der Waals surface area contributed by atoms with Crippen molar-refractivity contribution in [3.63, 3.8) is 0 Å². The maximum absolute atomic E-state index is 14.2. The zero-order chi connectivity index (χ0) is 30.4. The lowest BCUT2D eigenvalue weighted by molar-refractivity contribution is -0.139. The van der Waals surface area contributed by atoms with Gasteiger partial charge in [-0.05, 0) is 63.1 Å². The maximum atomic E-state index is 14.2. The van der Waals surface area contributed by atoms with E-state index in [1.165, 1.54) is 24.1 Å². The van der Waals surface area contributed by atoms with Gasteiger partial charge in [0.15, 0.2) is 0 Å². The summed E-state index contributed by atoms with van der Waals surface area (Å²) in [4.78, 5) is 28.9. The number of anilines is 1. The number of methoxy groups -OCH3 is 1. The smallest absolute Gasteiger partial charge is 0.264 e. The van der Waals surface area contributed by atoms with E-state index in [0.29, 0.717) is 15.6 Å². The van der Waals surface area contributed by atoms with E-state index in [1.807, 2.05) is 6.92 Å². The van der Waals surface area contributed by atoms with Crippen molar-refractivity contribution in [1.29, 1.82) is 0 Å². The first-order valence-electron chi connectivity index (χ1n) is 13.8. The summed E-state index contributed by atoms with van der Waals surface area (Å²) >= 11 is 12.9. The van der Waals surface area contributed by atoms with E-state index in [0.717, 1.165) is 35.6 Å². The van der Waals surface area contributed by atoms with Gasteiger partial charge in [0.25, 0.3) is 10.0 Å². The molecular weight excluding hydrogens is 597 g/mol. The van der Waals surface area contributed by atoms with Crippen LogP contribution in [0.25, 0.3) is 0 Å². The molecule has 224 valence electrons. The summed E-state index contributed by atoms with van der Waals surface area (Å²) in [5.74, 6) is -0.668. The number of sulfonamides is 1. The Hall–Kier alpha value is -3.27. The van der Waals surface area contributed by atoms with E-state index < -0.39 is 28.5 Å². The number of hydrogen-bond donors (Lipinski definition) is 1. The summed E-state index contributed by atoms with van der Waals surface area (Å²) in [6.45, 7) is 2.78. The van der Waals surface area contributed by atoms with Gasteiger partial charge in [0, 0.05) is 28.2 Å². The van der Waals surface area contributed by atoms with Crippen LogP contribution in [0.5, 0.6) is 5.75 Å². The van der Waals surface area contributed by atoms with Crippen molar-refractivity contribution in [3.05, 3.63) is 87.9 Å². The molecule has 0 saturated heterocycles. The third-order valence-corrected chi connectivity index (χ3v) is 9.98. The lowest BCUT2D eigenvalue weighted by Crippen LogP contribution is -2.52. The standard InChI is InChI=1S/C31H35Cl2N3O5S/c1-21-15-17-24(18-16-21)42(39,40)36(28-13-6-7-14-29(28)41-3)20-30(37)35(19-25-26(32)11-8-12-27(25)33)22(2)31(38)34-23-9-4-5-10-23/h6-8,11-18,22-23H,4-5,9-10,19-20H2,1-3H3,(H,34,38)/t22-/m0/s1. The van der Waals surface area contributed by atoms with Crippen LogP contribution < -0.4 is 14.4 Å². The number of amides is 2. The van der Waals surface area contributed by atoms with Crippen molar-refractivity contribution in [1.82, 2.24) is 10.2 Å². The highest BCUT2D eigenvalue weighted by atomic mass is 35.5. The minimum Gasteiger partial charge on any atom is -0.495 e. The van der Waals surface area contributed by atoms with Gasteiger partial charge in [-0.3, -0.25) is 13.9 Å².